The van der Waals surface area contributed by atoms with Crippen LogP contribution in [0.4, 0.5) is 5.69 Å². The Morgan fingerprint density at radius 1 is 0.872 bits per heavy atom. The number of nitrogens with zero attached hydrogens (tertiary/aromatic N) is 3. The van der Waals surface area contributed by atoms with Crippen molar-refractivity contribution in [2.24, 2.45) is 0 Å². The molecule has 7 nitrogen and oxygen atoms in total. The van der Waals surface area contributed by atoms with Crippen LogP contribution in [-0.2, 0) is 16.0 Å². The number of fused-ring (bicyclic) bond motifs is 3. The first-order chi connectivity index (χ1) is 18.9. The minimum absolute atomic E-state index is 0.0544. The molecule has 1 aliphatic rings. The fourth-order valence-corrected chi connectivity index (χ4v) is 5.26. The van der Waals surface area contributed by atoms with Crippen molar-refractivity contribution in [3.05, 3.63) is 108 Å². The molecule has 0 fully saturated rings. The monoisotopic (exact) mass is 523 g/mol. The second-order valence-electron chi connectivity index (χ2n) is 9.84. The van der Waals surface area contributed by atoms with Gasteiger partial charge in [-0.3, -0.25) is 14.5 Å². The number of aromatic nitrogens is 1. The number of amides is 2. The van der Waals surface area contributed by atoms with Gasteiger partial charge in [0, 0.05) is 17.8 Å². The smallest absolute Gasteiger partial charge is 0.247 e. The Morgan fingerprint density at radius 2 is 1.59 bits per heavy atom. The van der Waals surface area contributed by atoms with E-state index in [2.05, 4.69) is 4.57 Å². The standard InChI is InChI=1S/C32H33N3O4/c1-22(2)34(30(36)19-23-11-6-5-7-12-23)21-31(37)35-27-14-9-8-13-26(27)33-18-10-15-28(33)32(35)25-20-24(38-3)16-17-29(25)39-4/h5-18,20,22,32H,19,21H2,1-4H3. The molecule has 200 valence electrons. The summed E-state index contributed by atoms with van der Waals surface area (Å²) in [6, 6.07) is 26.4. The first-order valence-corrected chi connectivity index (χ1v) is 13.1. The zero-order chi connectivity index (χ0) is 27.5. The Morgan fingerprint density at radius 3 is 2.28 bits per heavy atom. The van der Waals surface area contributed by atoms with Crippen molar-refractivity contribution in [1.29, 1.82) is 0 Å². The van der Waals surface area contributed by atoms with E-state index in [9.17, 15) is 9.59 Å². The molecule has 1 aromatic heterocycles. The fourth-order valence-electron chi connectivity index (χ4n) is 5.26. The Labute approximate surface area is 229 Å². The molecule has 0 radical (unpaired) electrons. The summed E-state index contributed by atoms with van der Waals surface area (Å²) >= 11 is 0. The number of ether oxygens (including phenoxy) is 2. The first-order valence-electron chi connectivity index (χ1n) is 13.1. The molecule has 0 saturated heterocycles. The summed E-state index contributed by atoms with van der Waals surface area (Å²) in [6.45, 7) is 3.82. The summed E-state index contributed by atoms with van der Waals surface area (Å²) in [5.41, 5.74) is 4.29. The number of hydrogen-bond acceptors (Lipinski definition) is 4. The van der Waals surface area contributed by atoms with E-state index in [4.69, 9.17) is 9.47 Å². The van der Waals surface area contributed by atoms with Crippen LogP contribution in [0.2, 0.25) is 0 Å². The van der Waals surface area contributed by atoms with Gasteiger partial charge in [-0.05, 0) is 61.9 Å². The molecule has 4 aromatic rings. The van der Waals surface area contributed by atoms with Crippen molar-refractivity contribution < 1.29 is 19.1 Å². The summed E-state index contributed by atoms with van der Waals surface area (Å²) in [6.07, 6.45) is 2.23. The van der Waals surface area contributed by atoms with E-state index >= 15 is 0 Å². The number of methoxy groups -OCH3 is 2. The molecule has 3 aromatic carbocycles. The van der Waals surface area contributed by atoms with Crippen LogP contribution in [0, 0.1) is 0 Å². The van der Waals surface area contributed by atoms with E-state index in [1.807, 2.05) is 105 Å². The van der Waals surface area contributed by atoms with Crippen molar-refractivity contribution >= 4 is 17.5 Å². The predicted octanol–water partition coefficient (Wildman–Crippen LogP) is 5.41. The van der Waals surface area contributed by atoms with Crippen molar-refractivity contribution in [1.82, 2.24) is 9.47 Å². The van der Waals surface area contributed by atoms with Gasteiger partial charge in [0.1, 0.15) is 24.1 Å². The van der Waals surface area contributed by atoms with Gasteiger partial charge in [-0.15, -0.1) is 0 Å². The first kappa shape index (κ1) is 26.1. The molecule has 0 bridgehead atoms. The Hall–Kier alpha value is -4.52. The summed E-state index contributed by atoms with van der Waals surface area (Å²) < 4.78 is 13.4. The number of carbonyl (C=O) groups is 2. The molecule has 0 saturated carbocycles. The number of carbonyl (C=O) groups excluding carboxylic acids is 2. The third-order valence-corrected chi connectivity index (χ3v) is 7.17. The molecular formula is C32H33N3O4. The minimum Gasteiger partial charge on any atom is -0.497 e. The van der Waals surface area contributed by atoms with E-state index in [1.54, 1.807) is 24.0 Å². The van der Waals surface area contributed by atoms with Crippen molar-refractivity contribution in [2.75, 3.05) is 25.7 Å². The lowest BCUT2D eigenvalue weighted by molar-refractivity contribution is -0.136. The van der Waals surface area contributed by atoms with Gasteiger partial charge < -0.3 is 18.9 Å². The fraction of sp³-hybridized carbons (Fsp3) is 0.250. The normalized spacial score (nSPS) is 14.0. The van der Waals surface area contributed by atoms with Gasteiger partial charge in [0.15, 0.2) is 0 Å². The van der Waals surface area contributed by atoms with Gasteiger partial charge in [0.25, 0.3) is 0 Å². The van der Waals surface area contributed by atoms with Gasteiger partial charge in [-0.25, -0.2) is 0 Å². The topological polar surface area (TPSA) is 64.0 Å². The molecule has 5 rings (SSSR count). The highest BCUT2D eigenvalue weighted by atomic mass is 16.5. The number of benzene rings is 3. The Kier molecular flexibility index (Phi) is 7.41. The lowest BCUT2D eigenvalue weighted by Crippen LogP contribution is -2.49. The second-order valence-corrected chi connectivity index (χ2v) is 9.84. The van der Waals surface area contributed by atoms with Crippen LogP contribution in [0.25, 0.3) is 5.69 Å². The highest BCUT2D eigenvalue weighted by Gasteiger charge is 2.38. The van der Waals surface area contributed by atoms with Crippen molar-refractivity contribution in [2.45, 2.75) is 32.4 Å². The van der Waals surface area contributed by atoms with E-state index in [0.29, 0.717) is 11.5 Å². The van der Waals surface area contributed by atoms with Gasteiger partial charge >= 0.3 is 0 Å². The van der Waals surface area contributed by atoms with Gasteiger partial charge in [-0.1, -0.05) is 42.5 Å². The lowest BCUT2D eigenvalue weighted by Gasteiger charge is -2.40. The largest absolute Gasteiger partial charge is 0.497 e. The number of hydrogen-bond donors (Lipinski definition) is 0. The van der Waals surface area contributed by atoms with Crippen molar-refractivity contribution in [3.8, 4) is 17.2 Å². The maximum absolute atomic E-state index is 14.4. The molecule has 2 amide bonds. The highest BCUT2D eigenvalue weighted by molar-refractivity contribution is 6.00. The summed E-state index contributed by atoms with van der Waals surface area (Å²) in [5, 5.41) is 0. The molecule has 0 N–H and O–H groups in total. The average molecular weight is 524 g/mol. The molecule has 1 unspecified atom stereocenters. The number of para-hydroxylation sites is 2. The number of anilines is 1. The van der Waals surface area contributed by atoms with Crippen LogP contribution >= 0.6 is 0 Å². The zero-order valence-electron chi connectivity index (χ0n) is 22.7. The maximum atomic E-state index is 14.4. The van der Waals surface area contributed by atoms with E-state index < -0.39 is 6.04 Å². The van der Waals surface area contributed by atoms with Gasteiger partial charge in [0.05, 0.1) is 37.7 Å². The van der Waals surface area contributed by atoms with Crippen molar-refractivity contribution in [3.63, 3.8) is 0 Å². The van der Waals surface area contributed by atoms with Crippen LogP contribution in [0.3, 0.4) is 0 Å². The van der Waals surface area contributed by atoms with Crippen LogP contribution in [0.5, 0.6) is 11.5 Å². The predicted molar refractivity (Wildman–Crippen MR) is 152 cm³/mol. The Bertz CT molecular complexity index is 1480. The summed E-state index contributed by atoms with van der Waals surface area (Å²) in [4.78, 5) is 31.2. The quantitative estimate of drug-likeness (QED) is 0.310. The molecule has 2 heterocycles. The second kappa shape index (κ2) is 11.1. The summed E-state index contributed by atoms with van der Waals surface area (Å²) in [7, 11) is 3.24. The van der Waals surface area contributed by atoms with Gasteiger partial charge in [-0.2, -0.15) is 0 Å². The van der Waals surface area contributed by atoms with E-state index in [0.717, 1.165) is 28.2 Å². The lowest BCUT2D eigenvalue weighted by atomic mass is 9.96. The molecule has 1 aliphatic heterocycles. The molecular weight excluding hydrogens is 490 g/mol. The molecule has 0 spiro atoms. The van der Waals surface area contributed by atoms with E-state index in [1.165, 1.54) is 0 Å². The average Bonchev–Trinajstić information content (AvgIpc) is 3.45. The van der Waals surface area contributed by atoms with Crippen LogP contribution < -0.4 is 14.4 Å². The third-order valence-electron chi connectivity index (χ3n) is 7.17. The van der Waals surface area contributed by atoms with Crippen LogP contribution in [0.1, 0.15) is 36.7 Å². The minimum atomic E-state index is -0.495. The Balaban J connectivity index is 1.58. The molecule has 7 heteroatoms. The van der Waals surface area contributed by atoms with Gasteiger partial charge in [0.2, 0.25) is 11.8 Å². The highest BCUT2D eigenvalue weighted by Crippen LogP contribution is 2.45. The van der Waals surface area contributed by atoms with Crippen LogP contribution in [0.15, 0.2) is 91.1 Å². The molecule has 39 heavy (non-hydrogen) atoms. The molecule has 0 aliphatic carbocycles. The maximum Gasteiger partial charge on any atom is 0.247 e. The zero-order valence-corrected chi connectivity index (χ0v) is 22.7. The van der Waals surface area contributed by atoms with E-state index in [-0.39, 0.29) is 30.8 Å². The third kappa shape index (κ3) is 5.00. The summed E-state index contributed by atoms with van der Waals surface area (Å²) in [5.74, 6) is 1.04. The SMILES string of the molecule is COc1ccc(OC)c(C2c3cccn3-c3ccccc3N2C(=O)CN(C(=O)Cc2ccccc2)C(C)C)c1. The molecule has 1 atom stereocenters. The number of rotatable bonds is 8. The van der Waals surface area contributed by atoms with Crippen LogP contribution in [-0.4, -0.2) is 48.1 Å².